The number of carbonyl (C=O) groups excluding carboxylic acids is 2. The number of aliphatic hydroxyl groups is 1. The van der Waals surface area contributed by atoms with Crippen LogP contribution < -0.4 is 15.4 Å². The van der Waals surface area contributed by atoms with Crippen molar-refractivity contribution in [2.45, 2.75) is 24.6 Å². The third-order valence-electron chi connectivity index (χ3n) is 4.61. The van der Waals surface area contributed by atoms with E-state index in [0.29, 0.717) is 0 Å². The molecule has 0 radical (unpaired) electrons. The molecule has 1 aliphatic heterocycles. The zero-order chi connectivity index (χ0) is 22.1. The molecule has 2 amide bonds. The van der Waals surface area contributed by atoms with Gasteiger partial charge in [0, 0.05) is 5.56 Å². The lowest BCUT2D eigenvalue weighted by Crippen LogP contribution is -2.72. The summed E-state index contributed by atoms with van der Waals surface area (Å²) >= 11 is 0. The second kappa shape index (κ2) is 7.90. The maximum Gasteiger partial charge on any atom is 0.437 e. The van der Waals surface area contributed by atoms with Gasteiger partial charge in [-0.3, -0.25) is 4.79 Å². The van der Waals surface area contributed by atoms with Gasteiger partial charge < -0.3 is 20.5 Å². The summed E-state index contributed by atoms with van der Waals surface area (Å²) in [5.41, 5.74) is -4.01. The molecule has 0 saturated carbocycles. The molecule has 1 aliphatic rings. The summed E-state index contributed by atoms with van der Waals surface area (Å²) in [5.74, 6) is -3.56. The fraction of sp³-hybridized carbons (Fsp3) is 0.263. The number of carbonyl (C=O) groups is 2. The predicted molar refractivity (Wildman–Crippen MR) is 92.7 cm³/mol. The van der Waals surface area contributed by atoms with Crippen molar-refractivity contribution in [2.75, 3.05) is 0 Å². The highest BCUT2D eigenvalue weighted by Gasteiger charge is 2.66. The first-order chi connectivity index (χ1) is 14.0. The van der Waals surface area contributed by atoms with E-state index >= 15 is 0 Å². The minimum atomic E-state index is -5.39. The molecule has 0 aliphatic carbocycles. The summed E-state index contributed by atoms with van der Waals surface area (Å²) in [6.07, 6.45) is -5.39. The molecule has 6 nitrogen and oxygen atoms in total. The van der Waals surface area contributed by atoms with Gasteiger partial charge in [0.15, 0.2) is 5.78 Å². The lowest BCUT2D eigenvalue weighted by atomic mass is 9.77. The fourth-order valence-electron chi connectivity index (χ4n) is 3.26. The minimum Gasteiger partial charge on any atom is -0.435 e. The Morgan fingerprint density at radius 2 is 1.67 bits per heavy atom. The van der Waals surface area contributed by atoms with Crippen LogP contribution in [-0.2, 0) is 0 Å². The molecule has 1 fully saturated rings. The molecule has 1 saturated heterocycles. The number of urea groups is 1. The lowest BCUT2D eigenvalue weighted by Gasteiger charge is -2.45. The Kier molecular flexibility index (Phi) is 5.66. The normalized spacial score (nSPS) is 24.2. The summed E-state index contributed by atoms with van der Waals surface area (Å²) in [4.78, 5) is 24.9. The maximum atomic E-state index is 13.8. The zero-order valence-corrected chi connectivity index (χ0v) is 15.0. The summed E-state index contributed by atoms with van der Waals surface area (Å²) < 4.78 is 70.2. The Hall–Kier alpha value is -3.21. The van der Waals surface area contributed by atoms with Crippen molar-refractivity contribution in [3.63, 3.8) is 0 Å². The summed E-state index contributed by atoms with van der Waals surface area (Å²) in [6, 6.07) is 8.32. The number of alkyl halides is 5. The number of rotatable bonds is 5. The Bertz CT molecular complexity index is 921. The molecule has 0 unspecified atom stereocenters. The van der Waals surface area contributed by atoms with E-state index in [0.717, 1.165) is 24.3 Å². The van der Waals surface area contributed by atoms with Gasteiger partial charge in [-0.25, -0.2) is 4.79 Å². The number of Topliss-reactive ketones (excluding diaryl/α,β-unsaturated/α-hetero) is 1. The monoisotopic (exact) mass is 430 g/mol. The van der Waals surface area contributed by atoms with E-state index in [1.54, 1.807) is 6.07 Å². The Labute approximate surface area is 166 Å². The molecule has 0 bridgehead atoms. The van der Waals surface area contributed by atoms with E-state index < -0.39 is 42.3 Å². The Morgan fingerprint density at radius 3 is 2.20 bits per heavy atom. The molecule has 11 heteroatoms. The van der Waals surface area contributed by atoms with Gasteiger partial charge >= 0.3 is 18.8 Å². The number of ketones is 1. The second-order valence-electron chi connectivity index (χ2n) is 6.50. The molecular formula is C19H15F5N2O4. The number of hydrogen-bond donors (Lipinski definition) is 3. The predicted octanol–water partition coefficient (Wildman–Crippen LogP) is 3.39. The number of ether oxygens (including phenoxy) is 1. The van der Waals surface area contributed by atoms with Crippen LogP contribution in [0.5, 0.6) is 5.75 Å². The maximum absolute atomic E-state index is 13.8. The highest BCUT2D eigenvalue weighted by atomic mass is 19.4. The topological polar surface area (TPSA) is 87.7 Å². The van der Waals surface area contributed by atoms with Crippen molar-refractivity contribution in [3.05, 3.63) is 65.7 Å². The molecule has 2 aromatic carbocycles. The number of amides is 2. The van der Waals surface area contributed by atoms with Crippen LogP contribution in [0.2, 0.25) is 0 Å². The summed E-state index contributed by atoms with van der Waals surface area (Å²) in [6.45, 7) is -3.11. The van der Waals surface area contributed by atoms with Gasteiger partial charge in [-0.05, 0) is 17.7 Å². The van der Waals surface area contributed by atoms with E-state index in [2.05, 4.69) is 10.1 Å². The van der Waals surface area contributed by atoms with E-state index in [1.165, 1.54) is 29.6 Å². The van der Waals surface area contributed by atoms with Crippen LogP contribution in [0, 0.1) is 5.92 Å². The van der Waals surface area contributed by atoms with Crippen molar-refractivity contribution < 1.29 is 41.4 Å². The van der Waals surface area contributed by atoms with Gasteiger partial charge in [0.05, 0.1) is 6.04 Å². The molecular weight excluding hydrogens is 415 g/mol. The summed E-state index contributed by atoms with van der Waals surface area (Å²) in [7, 11) is 0. The van der Waals surface area contributed by atoms with Gasteiger partial charge in [0.2, 0.25) is 5.72 Å². The quantitative estimate of drug-likeness (QED) is 0.501. The van der Waals surface area contributed by atoms with Gasteiger partial charge in [-0.2, -0.15) is 22.0 Å². The number of benzene rings is 2. The molecule has 3 N–H and O–H groups in total. The van der Waals surface area contributed by atoms with Crippen molar-refractivity contribution in [1.29, 1.82) is 0 Å². The average molecular weight is 430 g/mol. The number of halogens is 5. The van der Waals surface area contributed by atoms with Gasteiger partial charge in [0.25, 0.3) is 0 Å². The molecule has 3 atom stereocenters. The summed E-state index contributed by atoms with van der Waals surface area (Å²) in [5, 5.41) is 14.0. The fourth-order valence-corrected chi connectivity index (χ4v) is 3.26. The van der Waals surface area contributed by atoms with Gasteiger partial charge in [-0.1, -0.05) is 42.5 Å². The van der Waals surface area contributed by atoms with Crippen LogP contribution in [0.3, 0.4) is 0 Å². The van der Waals surface area contributed by atoms with Gasteiger partial charge in [-0.15, -0.1) is 0 Å². The van der Waals surface area contributed by atoms with Crippen LogP contribution in [-0.4, -0.2) is 35.4 Å². The first-order valence-corrected chi connectivity index (χ1v) is 8.55. The van der Waals surface area contributed by atoms with E-state index in [-0.39, 0.29) is 16.9 Å². The molecule has 2 aromatic rings. The smallest absolute Gasteiger partial charge is 0.435 e. The number of nitrogens with one attached hydrogen (secondary N) is 2. The van der Waals surface area contributed by atoms with E-state index in [9.17, 15) is 36.6 Å². The standard InChI is InChI=1S/C19H15F5N2O4/c20-16(21)30-12-8-6-10(7-9-12)14-13(15(27)11-4-2-1-3-5-11)18(29,19(22,23)24)26-17(28)25-14/h1-9,13-14,16,29H,(H2,25,26,28)/t13-,14-,18-/m1/s1. The van der Waals surface area contributed by atoms with Crippen molar-refractivity contribution in [1.82, 2.24) is 10.6 Å². The van der Waals surface area contributed by atoms with Crippen molar-refractivity contribution >= 4 is 11.8 Å². The first-order valence-electron chi connectivity index (χ1n) is 8.55. The second-order valence-corrected chi connectivity index (χ2v) is 6.50. The van der Waals surface area contributed by atoms with Crippen molar-refractivity contribution in [2.24, 2.45) is 5.92 Å². The van der Waals surface area contributed by atoms with Crippen LogP contribution in [0.1, 0.15) is 22.0 Å². The first kappa shape index (κ1) is 21.5. The molecule has 0 aromatic heterocycles. The molecule has 30 heavy (non-hydrogen) atoms. The molecule has 0 spiro atoms. The highest BCUT2D eigenvalue weighted by Crippen LogP contribution is 2.44. The average Bonchev–Trinajstić information content (AvgIpc) is 2.67. The lowest BCUT2D eigenvalue weighted by molar-refractivity contribution is -0.287. The van der Waals surface area contributed by atoms with Crippen LogP contribution >= 0.6 is 0 Å². The highest BCUT2D eigenvalue weighted by molar-refractivity contribution is 6.00. The van der Waals surface area contributed by atoms with E-state index in [1.807, 2.05) is 0 Å². The van der Waals surface area contributed by atoms with Crippen LogP contribution in [0.15, 0.2) is 54.6 Å². The third kappa shape index (κ3) is 4.06. The third-order valence-corrected chi connectivity index (χ3v) is 4.61. The van der Waals surface area contributed by atoms with E-state index in [4.69, 9.17) is 0 Å². The number of hydrogen-bond acceptors (Lipinski definition) is 4. The van der Waals surface area contributed by atoms with Crippen LogP contribution in [0.25, 0.3) is 0 Å². The molecule has 3 rings (SSSR count). The Morgan fingerprint density at radius 1 is 1.07 bits per heavy atom. The Balaban J connectivity index is 2.08. The van der Waals surface area contributed by atoms with Gasteiger partial charge in [0.1, 0.15) is 11.7 Å². The van der Waals surface area contributed by atoms with Crippen molar-refractivity contribution in [3.8, 4) is 5.75 Å². The van der Waals surface area contributed by atoms with Crippen LogP contribution in [0.4, 0.5) is 26.7 Å². The largest absolute Gasteiger partial charge is 0.437 e. The molecule has 1 heterocycles. The minimum absolute atomic E-state index is 0.0246. The molecule has 160 valence electrons. The zero-order valence-electron chi connectivity index (χ0n) is 15.0. The SMILES string of the molecule is O=C1N[C@H](c2ccc(OC(F)F)cc2)[C@H](C(=O)c2ccccc2)[C@@](O)(C(F)(F)F)N1.